The molecule has 6 nitrogen and oxygen atoms in total. The van der Waals surface area contributed by atoms with Gasteiger partial charge >= 0.3 is 0 Å². The summed E-state index contributed by atoms with van der Waals surface area (Å²) in [5, 5.41) is 4.50. The maximum Gasteiger partial charge on any atom is 0.243 e. The number of aliphatic imine (C=N–C) groups is 1. The van der Waals surface area contributed by atoms with Gasteiger partial charge in [0.2, 0.25) is 5.91 Å². The number of rotatable bonds is 5. The van der Waals surface area contributed by atoms with Gasteiger partial charge in [-0.15, -0.1) is 24.0 Å². The summed E-state index contributed by atoms with van der Waals surface area (Å²) in [7, 11) is 5.44. The number of carbonyl (C=O) groups is 1. The molecule has 2 aromatic rings. The molecule has 1 N–H and O–H groups in total. The number of hydrogen-bond acceptors (Lipinski definition) is 3. The topological polar surface area (TPSA) is 61.1 Å². The fourth-order valence-electron chi connectivity index (χ4n) is 2.39. The smallest absolute Gasteiger partial charge is 0.243 e. The molecule has 0 saturated heterocycles. The molecule has 0 radical (unpaired) electrons. The van der Waals surface area contributed by atoms with Crippen LogP contribution in [0.3, 0.4) is 0 Å². The maximum absolute atomic E-state index is 11.8. The van der Waals surface area contributed by atoms with E-state index in [4.69, 9.17) is 4.42 Å². The average Bonchev–Trinajstić information content (AvgIpc) is 3.28. The third-order valence-electron chi connectivity index (χ3n) is 4.00. The van der Waals surface area contributed by atoms with E-state index in [1.807, 2.05) is 42.3 Å². The highest BCUT2D eigenvalue weighted by Crippen LogP contribution is 2.21. The van der Waals surface area contributed by atoms with Crippen LogP contribution in [0.1, 0.15) is 18.6 Å². The zero-order chi connectivity index (χ0) is 17.1. The van der Waals surface area contributed by atoms with E-state index >= 15 is 0 Å². The minimum Gasteiger partial charge on any atom is -0.459 e. The normalized spacial score (nSPS) is 14.1. The van der Waals surface area contributed by atoms with Crippen LogP contribution in [0, 0.1) is 0 Å². The molecular formula is C18H25IN4O2. The number of guanidine groups is 1. The van der Waals surface area contributed by atoms with Crippen molar-refractivity contribution in [2.24, 2.45) is 4.99 Å². The standard InChI is InChI=1S/C18H24N4O2.HI/c1-21(2)17(23)11-19-18(20-14-8-9-14)22(3)12-15-10-13-6-4-5-7-16(13)24-15;/h4-7,10,14H,8-9,11-12H2,1-3H3,(H,19,20);1H. The van der Waals surface area contributed by atoms with Gasteiger partial charge in [-0.05, 0) is 25.0 Å². The average molecular weight is 456 g/mol. The van der Waals surface area contributed by atoms with Crippen LogP contribution in [0.2, 0.25) is 0 Å². The minimum atomic E-state index is -0.0118. The predicted molar refractivity (Wildman–Crippen MR) is 110 cm³/mol. The lowest BCUT2D eigenvalue weighted by Gasteiger charge is -2.21. The summed E-state index contributed by atoms with van der Waals surface area (Å²) in [6.07, 6.45) is 2.30. The molecule has 1 aliphatic carbocycles. The van der Waals surface area contributed by atoms with Gasteiger partial charge in [0.25, 0.3) is 0 Å². The third-order valence-corrected chi connectivity index (χ3v) is 4.00. The SMILES string of the molecule is CN(C)C(=O)CN=C(NC1CC1)N(C)Cc1cc2ccccc2o1.I. The number of hydrogen-bond donors (Lipinski definition) is 1. The Hall–Kier alpha value is -1.77. The number of nitrogens with zero attached hydrogens (tertiary/aromatic N) is 3. The van der Waals surface area contributed by atoms with Gasteiger partial charge < -0.3 is 19.5 Å². The van der Waals surface area contributed by atoms with Gasteiger partial charge in [0.1, 0.15) is 17.9 Å². The van der Waals surface area contributed by atoms with Crippen molar-refractivity contribution in [3.8, 4) is 0 Å². The molecule has 3 rings (SSSR count). The molecule has 0 unspecified atom stereocenters. The highest BCUT2D eigenvalue weighted by Gasteiger charge is 2.24. The summed E-state index contributed by atoms with van der Waals surface area (Å²) >= 11 is 0. The van der Waals surface area contributed by atoms with E-state index in [2.05, 4.69) is 10.3 Å². The highest BCUT2D eigenvalue weighted by atomic mass is 127. The maximum atomic E-state index is 11.8. The van der Waals surface area contributed by atoms with E-state index in [0.29, 0.717) is 12.6 Å². The molecule has 1 aromatic carbocycles. The van der Waals surface area contributed by atoms with Crippen molar-refractivity contribution >= 4 is 46.8 Å². The fraction of sp³-hybridized carbons (Fsp3) is 0.444. The van der Waals surface area contributed by atoms with Gasteiger partial charge in [-0.2, -0.15) is 0 Å². The summed E-state index contributed by atoms with van der Waals surface area (Å²) in [5.41, 5.74) is 0.886. The molecule has 0 atom stereocenters. The Morgan fingerprint density at radius 3 is 2.64 bits per heavy atom. The van der Waals surface area contributed by atoms with Crippen LogP contribution >= 0.6 is 24.0 Å². The van der Waals surface area contributed by atoms with Crippen molar-refractivity contribution in [2.75, 3.05) is 27.7 Å². The molecule has 1 aliphatic rings. The first kappa shape index (κ1) is 19.6. The summed E-state index contributed by atoms with van der Waals surface area (Å²) in [6, 6.07) is 10.5. The molecule has 0 aliphatic heterocycles. The molecule has 1 aromatic heterocycles. The van der Waals surface area contributed by atoms with Crippen LogP contribution in [0.15, 0.2) is 39.7 Å². The second-order valence-electron chi connectivity index (χ2n) is 6.45. The number of furan rings is 1. The van der Waals surface area contributed by atoms with Gasteiger partial charge in [-0.1, -0.05) is 18.2 Å². The van der Waals surface area contributed by atoms with E-state index in [0.717, 1.165) is 35.5 Å². The van der Waals surface area contributed by atoms with Crippen molar-refractivity contribution in [2.45, 2.75) is 25.4 Å². The number of likely N-dealkylation sites (N-methyl/N-ethyl adjacent to an activating group) is 1. The minimum absolute atomic E-state index is 0. The summed E-state index contributed by atoms with van der Waals surface area (Å²) < 4.78 is 5.87. The Labute approximate surface area is 165 Å². The highest BCUT2D eigenvalue weighted by molar-refractivity contribution is 14.0. The van der Waals surface area contributed by atoms with Crippen molar-refractivity contribution in [3.63, 3.8) is 0 Å². The number of carbonyl (C=O) groups excluding carboxylic acids is 1. The lowest BCUT2D eigenvalue weighted by Crippen LogP contribution is -2.40. The number of benzene rings is 1. The van der Waals surface area contributed by atoms with E-state index in [-0.39, 0.29) is 36.4 Å². The zero-order valence-electron chi connectivity index (χ0n) is 14.9. The molecule has 1 amide bonds. The molecule has 1 saturated carbocycles. The summed E-state index contributed by atoms with van der Waals surface area (Å²) in [4.78, 5) is 19.8. The van der Waals surface area contributed by atoms with Crippen molar-refractivity contribution < 1.29 is 9.21 Å². The monoisotopic (exact) mass is 456 g/mol. The van der Waals surface area contributed by atoms with E-state index in [1.165, 1.54) is 0 Å². The predicted octanol–water partition coefficient (Wildman–Crippen LogP) is 2.68. The van der Waals surface area contributed by atoms with Crippen LogP contribution < -0.4 is 5.32 Å². The Morgan fingerprint density at radius 1 is 1.28 bits per heavy atom. The lowest BCUT2D eigenvalue weighted by atomic mass is 10.2. The molecular weight excluding hydrogens is 431 g/mol. The second kappa shape index (κ2) is 8.55. The van der Waals surface area contributed by atoms with Gasteiger partial charge in [0.15, 0.2) is 5.96 Å². The molecule has 7 heteroatoms. The van der Waals surface area contributed by atoms with Gasteiger partial charge in [0.05, 0.1) is 6.54 Å². The van der Waals surface area contributed by atoms with Crippen LogP contribution in [-0.4, -0.2) is 55.4 Å². The molecule has 25 heavy (non-hydrogen) atoms. The molecule has 136 valence electrons. The van der Waals surface area contributed by atoms with Crippen molar-refractivity contribution in [1.29, 1.82) is 0 Å². The third kappa shape index (κ3) is 5.35. The van der Waals surface area contributed by atoms with Gasteiger partial charge in [-0.25, -0.2) is 4.99 Å². The van der Waals surface area contributed by atoms with E-state index in [9.17, 15) is 4.79 Å². The quantitative estimate of drug-likeness (QED) is 0.427. The van der Waals surface area contributed by atoms with E-state index < -0.39 is 0 Å². The Balaban J connectivity index is 0.00000225. The van der Waals surface area contributed by atoms with Gasteiger partial charge in [-0.3, -0.25) is 4.79 Å². The molecule has 0 spiro atoms. The van der Waals surface area contributed by atoms with Crippen molar-refractivity contribution in [3.05, 3.63) is 36.1 Å². The summed E-state index contributed by atoms with van der Waals surface area (Å²) in [6.45, 7) is 0.746. The largest absolute Gasteiger partial charge is 0.459 e. The molecule has 1 fully saturated rings. The number of para-hydroxylation sites is 1. The first-order valence-electron chi connectivity index (χ1n) is 8.22. The second-order valence-corrected chi connectivity index (χ2v) is 6.45. The first-order chi connectivity index (χ1) is 11.5. The van der Waals surface area contributed by atoms with E-state index in [1.54, 1.807) is 19.0 Å². The Bertz CT molecular complexity index is 719. The number of fused-ring (bicyclic) bond motifs is 1. The Kier molecular flexibility index (Phi) is 6.69. The van der Waals surface area contributed by atoms with Crippen LogP contribution in [-0.2, 0) is 11.3 Å². The molecule has 0 bridgehead atoms. The lowest BCUT2D eigenvalue weighted by molar-refractivity contribution is -0.127. The zero-order valence-corrected chi connectivity index (χ0v) is 17.2. The number of halogens is 1. The first-order valence-corrected chi connectivity index (χ1v) is 8.22. The van der Waals surface area contributed by atoms with Crippen LogP contribution in [0.5, 0.6) is 0 Å². The Morgan fingerprint density at radius 2 is 2.00 bits per heavy atom. The fourth-order valence-corrected chi connectivity index (χ4v) is 2.39. The van der Waals surface area contributed by atoms with Gasteiger partial charge in [0, 0.05) is 32.6 Å². The summed E-state index contributed by atoms with van der Waals surface area (Å²) in [5.74, 6) is 1.61. The van der Waals surface area contributed by atoms with Crippen LogP contribution in [0.25, 0.3) is 11.0 Å². The molecule has 1 heterocycles. The number of nitrogens with one attached hydrogen (secondary N) is 1. The number of amides is 1. The van der Waals surface area contributed by atoms with Crippen molar-refractivity contribution in [1.82, 2.24) is 15.1 Å². The van der Waals surface area contributed by atoms with Crippen LogP contribution in [0.4, 0.5) is 0 Å².